The average molecular weight is 253 g/mol. The van der Waals surface area contributed by atoms with Crippen molar-refractivity contribution in [2.75, 3.05) is 11.4 Å². The van der Waals surface area contributed by atoms with Crippen molar-refractivity contribution in [2.24, 2.45) is 5.92 Å². The molecule has 1 aliphatic carbocycles. The van der Waals surface area contributed by atoms with Crippen molar-refractivity contribution in [3.63, 3.8) is 0 Å². The molecule has 1 aliphatic heterocycles. The fraction of sp³-hybridized carbons (Fsp3) is 0.545. The molecule has 14 heavy (non-hydrogen) atoms. The lowest BCUT2D eigenvalue weighted by Crippen LogP contribution is -2.32. The van der Waals surface area contributed by atoms with Gasteiger partial charge in [0.2, 0.25) is 0 Å². The number of rotatable bonds is 1. The lowest BCUT2D eigenvalue weighted by molar-refractivity contribution is 0.550. The Hall–Kier alpha value is -0.570. The second kappa shape index (κ2) is 3.23. The zero-order valence-corrected chi connectivity index (χ0v) is 9.57. The van der Waals surface area contributed by atoms with Crippen LogP contribution < -0.4 is 4.90 Å². The predicted octanol–water partition coefficient (Wildman–Crippen LogP) is 2.83. The Morgan fingerprint density at radius 2 is 2.29 bits per heavy atom. The second-order valence-corrected chi connectivity index (χ2v) is 5.12. The standard InChI is InChI=1S/C11H13BrN2/c12-10-2-1-3-11(13-10)14-7-8-4-5-9(14)6-8/h1-3,8-9H,4-7H2/t8-,9?/m0/s1. The molecule has 3 rings (SSSR count). The zero-order valence-electron chi connectivity index (χ0n) is 7.99. The van der Waals surface area contributed by atoms with Crippen LogP contribution in [0.1, 0.15) is 19.3 Å². The van der Waals surface area contributed by atoms with Crippen LogP contribution in [0.5, 0.6) is 0 Å². The summed E-state index contributed by atoms with van der Waals surface area (Å²) in [5, 5.41) is 0. The number of halogens is 1. The molecule has 0 spiro atoms. The van der Waals surface area contributed by atoms with Gasteiger partial charge >= 0.3 is 0 Å². The van der Waals surface area contributed by atoms with Crippen molar-refractivity contribution in [3.8, 4) is 0 Å². The van der Waals surface area contributed by atoms with Crippen LogP contribution in [0.2, 0.25) is 0 Å². The van der Waals surface area contributed by atoms with Crippen molar-refractivity contribution < 1.29 is 0 Å². The maximum atomic E-state index is 4.52. The van der Waals surface area contributed by atoms with Gasteiger partial charge in [-0.3, -0.25) is 0 Å². The Labute approximate surface area is 92.5 Å². The monoisotopic (exact) mass is 252 g/mol. The molecule has 2 nitrogen and oxygen atoms in total. The van der Waals surface area contributed by atoms with Crippen LogP contribution in [0.25, 0.3) is 0 Å². The third kappa shape index (κ3) is 1.34. The van der Waals surface area contributed by atoms with Gasteiger partial charge in [-0.2, -0.15) is 0 Å². The number of fused-ring (bicyclic) bond motifs is 2. The molecule has 2 heterocycles. The highest BCUT2D eigenvalue weighted by atomic mass is 79.9. The summed E-state index contributed by atoms with van der Waals surface area (Å²) in [7, 11) is 0. The number of anilines is 1. The normalized spacial score (nSPS) is 29.9. The minimum Gasteiger partial charge on any atom is -0.353 e. The molecule has 1 saturated heterocycles. The number of nitrogens with zero attached hydrogens (tertiary/aromatic N) is 2. The predicted molar refractivity (Wildman–Crippen MR) is 60.4 cm³/mol. The van der Waals surface area contributed by atoms with Crippen molar-refractivity contribution >= 4 is 21.7 Å². The van der Waals surface area contributed by atoms with Gasteiger partial charge in [0, 0.05) is 12.6 Å². The Kier molecular flexibility index (Phi) is 2.01. The molecule has 2 aliphatic rings. The van der Waals surface area contributed by atoms with E-state index in [1.807, 2.05) is 6.07 Å². The topological polar surface area (TPSA) is 16.1 Å². The summed E-state index contributed by atoms with van der Waals surface area (Å²) < 4.78 is 0.942. The molecule has 1 saturated carbocycles. The van der Waals surface area contributed by atoms with Gasteiger partial charge in [-0.25, -0.2) is 4.98 Å². The molecule has 2 atom stereocenters. The summed E-state index contributed by atoms with van der Waals surface area (Å²) in [5.74, 6) is 2.08. The largest absolute Gasteiger partial charge is 0.353 e. The number of piperidine rings is 1. The maximum Gasteiger partial charge on any atom is 0.130 e. The van der Waals surface area contributed by atoms with Gasteiger partial charge in [-0.15, -0.1) is 0 Å². The first-order chi connectivity index (χ1) is 6.83. The van der Waals surface area contributed by atoms with Crippen LogP contribution in [-0.2, 0) is 0 Å². The highest BCUT2D eigenvalue weighted by Gasteiger charge is 2.38. The van der Waals surface area contributed by atoms with E-state index in [1.54, 1.807) is 0 Å². The first-order valence-electron chi connectivity index (χ1n) is 5.22. The number of hydrogen-bond donors (Lipinski definition) is 0. The van der Waals surface area contributed by atoms with Crippen LogP contribution in [0.3, 0.4) is 0 Å². The van der Waals surface area contributed by atoms with E-state index in [2.05, 4.69) is 37.9 Å². The highest BCUT2D eigenvalue weighted by Crippen LogP contribution is 2.39. The summed E-state index contributed by atoms with van der Waals surface area (Å²) in [6.07, 6.45) is 4.17. The van der Waals surface area contributed by atoms with Crippen molar-refractivity contribution in [3.05, 3.63) is 22.8 Å². The Bertz CT molecular complexity index is 353. The van der Waals surface area contributed by atoms with Crippen LogP contribution in [0.15, 0.2) is 22.8 Å². The van der Waals surface area contributed by atoms with Crippen LogP contribution >= 0.6 is 15.9 Å². The van der Waals surface area contributed by atoms with Gasteiger partial charge in [0.05, 0.1) is 0 Å². The SMILES string of the molecule is Brc1cccc(N2C[C@H]3CCC2C3)n1. The zero-order chi connectivity index (χ0) is 9.54. The second-order valence-electron chi connectivity index (χ2n) is 4.30. The minimum atomic E-state index is 0.766. The van der Waals surface area contributed by atoms with Gasteiger partial charge in [0.25, 0.3) is 0 Å². The van der Waals surface area contributed by atoms with Crippen molar-refractivity contribution in [2.45, 2.75) is 25.3 Å². The van der Waals surface area contributed by atoms with Gasteiger partial charge in [-0.05, 0) is 53.2 Å². The van der Waals surface area contributed by atoms with E-state index in [0.717, 1.165) is 22.4 Å². The smallest absolute Gasteiger partial charge is 0.130 e. The molecular weight excluding hydrogens is 240 g/mol. The minimum absolute atomic E-state index is 0.766. The number of aromatic nitrogens is 1. The lowest BCUT2D eigenvalue weighted by atomic mass is 10.1. The van der Waals surface area contributed by atoms with Gasteiger partial charge in [0.1, 0.15) is 10.4 Å². The third-order valence-corrected chi connectivity index (χ3v) is 3.85. The molecule has 0 N–H and O–H groups in total. The third-order valence-electron chi connectivity index (χ3n) is 3.40. The molecule has 0 amide bonds. The Morgan fingerprint density at radius 1 is 1.36 bits per heavy atom. The van der Waals surface area contributed by atoms with E-state index < -0.39 is 0 Å². The van der Waals surface area contributed by atoms with E-state index in [1.165, 1.54) is 25.8 Å². The molecule has 1 aromatic heterocycles. The van der Waals surface area contributed by atoms with Crippen molar-refractivity contribution in [1.82, 2.24) is 4.98 Å². The average Bonchev–Trinajstić information content (AvgIpc) is 2.78. The van der Waals surface area contributed by atoms with Crippen molar-refractivity contribution in [1.29, 1.82) is 0 Å². The highest BCUT2D eigenvalue weighted by molar-refractivity contribution is 9.10. The summed E-state index contributed by atoms with van der Waals surface area (Å²) in [6, 6.07) is 6.93. The number of pyridine rings is 1. The summed E-state index contributed by atoms with van der Waals surface area (Å²) in [4.78, 5) is 6.99. The van der Waals surface area contributed by atoms with Gasteiger partial charge in [-0.1, -0.05) is 6.07 Å². The maximum absolute atomic E-state index is 4.52. The van der Waals surface area contributed by atoms with E-state index in [4.69, 9.17) is 0 Å². The van der Waals surface area contributed by atoms with E-state index in [9.17, 15) is 0 Å². The Balaban J connectivity index is 1.89. The molecule has 0 aromatic carbocycles. The van der Waals surface area contributed by atoms with E-state index in [0.29, 0.717) is 0 Å². The molecule has 1 aromatic rings. The first kappa shape index (κ1) is 8.72. The fourth-order valence-corrected chi connectivity index (χ4v) is 3.10. The molecule has 2 bridgehead atoms. The molecule has 2 fully saturated rings. The molecule has 3 heteroatoms. The first-order valence-corrected chi connectivity index (χ1v) is 6.01. The van der Waals surface area contributed by atoms with E-state index in [-0.39, 0.29) is 0 Å². The van der Waals surface area contributed by atoms with Gasteiger partial charge < -0.3 is 4.90 Å². The van der Waals surface area contributed by atoms with Crippen LogP contribution in [0.4, 0.5) is 5.82 Å². The molecule has 1 unspecified atom stereocenters. The van der Waals surface area contributed by atoms with E-state index >= 15 is 0 Å². The fourth-order valence-electron chi connectivity index (χ4n) is 2.76. The summed E-state index contributed by atoms with van der Waals surface area (Å²) >= 11 is 3.42. The molecule has 0 radical (unpaired) electrons. The molecular formula is C11H13BrN2. The quantitative estimate of drug-likeness (QED) is 0.715. The summed E-state index contributed by atoms with van der Waals surface area (Å²) in [6.45, 7) is 1.22. The number of hydrogen-bond acceptors (Lipinski definition) is 2. The van der Waals surface area contributed by atoms with Crippen LogP contribution in [0, 0.1) is 5.92 Å². The Morgan fingerprint density at radius 3 is 2.93 bits per heavy atom. The lowest BCUT2D eigenvalue weighted by Gasteiger charge is -2.28. The molecule has 74 valence electrons. The summed E-state index contributed by atoms with van der Waals surface area (Å²) in [5.41, 5.74) is 0. The van der Waals surface area contributed by atoms with Crippen LogP contribution in [-0.4, -0.2) is 17.6 Å². The van der Waals surface area contributed by atoms with Gasteiger partial charge in [0.15, 0.2) is 0 Å².